The van der Waals surface area contributed by atoms with Gasteiger partial charge in [0.2, 0.25) is 0 Å². The third-order valence-electron chi connectivity index (χ3n) is 14.9. The summed E-state index contributed by atoms with van der Waals surface area (Å²) in [6.45, 7) is 4.35. The van der Waals surface area contributed by atoms with Gasteiger partial charge in [-0.05, 0) is 173 Å². The van der Waals surface area contributed by atoms with Gasteiger partial charge in [-0.2, -0.15) is 0 Å². The number of rotatable bonds is 6. The van der Waals surface area contributed by atoms with Crippen LogP contribution in [0.15, 0.2) is 89.5 Å². The van der Waals surface area contributed by atoms with Crippen molar-refractivity contribution in [3.05, 3.63) is 112 Å². The van der Waals surface area contributed by atoms with E-state index in [0.29, 0.717) is 0 Å². The number of benzene rings is 3. The highest BCUT2D eigenvalue weighted by atomic mass is 79.9. The highest BCUT2D eigenvalue weighted by Crippen LogP contribution is 2.63. The van der Waals surface area contributed by atoms with E-state index in [0.717, 1.165) is 62.6 Å². The van der Waals surface area contributed by atoms with Crippen LogP contribution in [0.4, 0.5) is 0 Å². The first-order valence-corrected chi connectivity index (χ1v) is 21.4. The van der Waals surface area contributed by atoms with Crippen molar-refractivity contribution >= 4 is 15.9 Å². The topological polar surface area (TPSA) is 38.7 Å². The molecule has 0 N–H and O–H groups in total. The minimum absolute atomic E-state index is 0.252. The predicted octanol–water partition coefficient (Wildman–Crippen LogP) is 12.9. The fourth-order valence-corrected chi connectivity index (χ4v) is 14.3. The fraction of sp³-hybridized carbons (Fsp3) is 0.449. The Hall–Kier alpha value is -3.63. The molecule has 0 amide bonds. The minimum Gasteiger partial charge on any atom is -0.255 e. The van der Waals surface area contributed by atoms with Crippen molar-refractivity contribution in [2.45, 2.75) is 102 Å². The Morgan fingerprint density at radius 3 is 1.51 bits per heavy atom. The van der Waals surface area contributed by atoms with Crippen molar-refractivity contribution in [2.75, 3.05) is 0 Å². The summed E-state index contributed by atoms with van der Waals surface area (Å²) in [6, 6.07) is 29.2. The lowest BCUT2D eigenvalue weighted by atomic mass is 9.47. The summed E-state index contributed by atoms with van der Waals surface area (Å²) in [5.41, 5.74) is 13.9. The largest absolute Gasteiger partial charge is 0.255 e. The summed E-state index contributed by atoms with van der Waals surface area (Å²) in [7, 11) is 0. The van der Waals surface area contributed by atoms with Gasteiger partial charge in [-0.1, -0.05) is 81.7 Å². The summed E-state index contributed by atoms with van der Waals surface area (Å²) >= 11 is 3.97. The molecule has 8 bridgehead atoms. The van der Waals surface area contributed by atoms with E-state index in [1.165, 1.54) is 122 Å². The van der Waals surface area contributed by atoms with Crippen molar-refractivity contribution in [3.8, 4) is 44.9 Å². The van der Waals surface area contributed by atoms with Gasteiger partial charge in [0, 0.05) is 32.6 Å². The first-order chi connectivity index (χ1) is 25.8. The van der Waals surface area contributed by atoms with Crippen LogP contribution >= 0.6 is 15.9 Å². The van der Waals surface area contributed by atoms with Gasteiger partial charge in [0.1, 0.15) is 0 Å². The van der Waals surface area contributed by atoms with Gasteiger partial charge >= 0.3 is 0 Å². The molecule has 268 valence electrons. The van der Waals surface area contributed by atoms with Gasteiger partial charge in [-0.25, -0.2) is 9.97 Å². The molecule has 3 aromatic carbocycles. The van der Waals surface area contributed by atoms with Crippen molar-refractivity contribution in [1.82, 2.24) is 15.0 Å². The Bertz CT molecular complexity index is 2100. The number of halogens is 1. The first kappa shape index (κ1) is 32.8. The lowest BCUT2D eigenvalue weighted by Gasteiger charge is -2.58. The van der Waals surface area contributed by atoms with Crippen LogP contribution in [0.1, 0.15) is 99.6 Å². The molecule has 13 rings (SSSR count). The van der Waals surface area contributed by atoms with Crippen LogP contribution in [-0.4, -0.2) is 15.0 Å². The van der Waals surface area contributed by atoms with E-state index >= 15 is 0 Å². The molecule has 53 heavy (non-hydrogen) atoms. The molecule has 0 atom stereocenters. The zero-order valence-electron chi connectivity index (χ0n) is 31.3. The van der Waals surface area contributed by atoms with Gasteiger partial charge in [-0.15, -0.1) is 0 Å². The molecule has 3 nitrogen and oxygen atoms in total. The summed E-state index contributed by atoms with van der Waals surface area (Å²) in [4.78, 5) is 16.2. The quantitative estimate of drug-likeness (QED) is 0.173. The molecule has 5 aromatic rings. The lowest BCUT2D eigenvalue weighted by Crippen LogP contribution is -2.50. The number of pyridine rings is 1. The van der Waals surface area contributed by atoms with E-state index in [1.54, 1.807) is 0 Å². The lowest BCUT2D eigenvalue weighted by molar-refractivity contribution is -0.0110. The third-order valence-corrected chi connectivity index (χ3v) is 15.6. The fourth-order valence-electron chi connectivity index (χ4n) is 13.7. The predicted molar refractivity (Wildman–Crippen MR) is 218 cm³/mol. The van der Waals surface area contributed by atoms with Crippen LogP contribution in [0, 0.1) is 49.4 Å². The number of nitrogens with zero attached hydrogens (tertiary/aromatic N) is 3. The molecule has 8 aliphatic rings. The van der Waals surface area contributed by atoms with Crippen LogP contribution in [0.3, 0.4) is 0 Å². The van der Waals surface area contributed by atoms with Gasteiger partial charge in [0.05, 0.1) is 17.1 Å². The molecule has 0 unspecified atom stereocenters. The number of hydrogen-bond acceptors (Lipinski definition) is 3. The second-order valence-electron chi connectivity index (χ2n) is 18.9. The Labute approximate surface area is 323 Å². The second-order valence-corrected chi connectivity index (χ2v) is 19.8. The molecule has 2 heterocycles. The van der Waals surface area contributed by atoms with Crippen LogP contribution < -0.4 is 0 Å². The van der Waals surface area contributed by atoms with Gasteiger partial charge in [0.15, 0.2) is 5.82 Å². The molecule has 4 heteroatoms. The molecule has 8 saturated carbocycles. The van der Waals surface area contributed by atoms with Crippen LogP contribution in [0.25, 0.3) is 44.9 Å². The standard InChI is InChI=1S/C49H50BrN3/c1-29-11-30(2)13-39(12-29)40-5-3-4-6-41(40)42-9-7-37(20-43(42)50)44-10-8-38(28-51-44)47-52-45(48-22-31-14-32(23-48)16-33(15-31)24-48)21-46(53-47)49-25-34-17-35(26-49)19-36(18-34)27-49/h3-13,20-21,28,31-36H,14-19,22-27H2,1-2H3. The van der Waals surface area contributed by atoms with Crippen LogP contribution in [0.5, 0.6) is 0 Å². The highest BCUT2D eigenvalue weighted by Gasteiger charge is 2.55. The monoisotopic (exact) mass is 759 g/mol. The summed E-state index contributed by atoms with van der Waals surface area (Å²) in [5.74, 6) is 6.31. The SMILES string of the molecule is Cc1cc(C)cc(-c2ccccc2-c2ccc(-c3ccc(-c4nc(C56CC7CC(CC(C7)C5)C6)cc(C56CC7CC(CC(C7)C5)C6)n4)cn3)cc2Br)c1. The van der Waals surface area contributed by atoms with E-state index < -0.39 is 0 Å². The summed E-state index contributed by atoms with van der Waals surface area (Å²) < 4.78 is 1.07. The van der Waals surface area contributed by atoms with Gasteiger partial charge in [-0.3, -0.25) is 4.98 Å². The molecule has 0 saturated heterocycles. The van der Waals surface area contributed by atoms with E-state index in [9.17, 15) is 0 Å². The maximum absolute atomic E-state index is 5.57. The number of hydrogen-bond donors (Lipinski definition) is 0. The highest BCUT2D eigenvalue weighted by molar-refractivity contribution is 9.10. The molecule has 8 fully saturated rings. The molecular formula is C49H50BrN3. The van der Waals surface area contributed by atoms with Crippen molar-refractivity contribution in [3.63, 3.8) is 0 Å². The Morgan fingerprint density at radius 1 is 0.509 bits per heavy atom. The summed E-state index contributed by atoms with van der Waals surface area (Å²) in [5, 5.41) is 0. The number of aryl methyl sites for hydroxylation is 2. The average Bonchev–Trinajstić information content (AvgIpc) is 3.13. The summed E-state index contributed by atoms with van der Waals surface area (Å²) in [6.07, 6.45) is 18.8. The minimum atomic E-state index is 0.252. The Kier molecular flexibility index (Phi) is 7.54. The van der Waals surface area contributed by atoms with E-state index in [4.69, 9.17) is 15.0 Å². The molecule has 8 aliphatic carbocycles. The smallest absolute Gasteiger partial charge is 0.161 e. The van der Waals surface area contributed by atoms with Crippen LogP contribution in [0.2, 0.25) is 0 Å². The van der Waals surface area contributed by atoms with Crippen molar-refractivity contribution in [2.24, 2.45) is 35.5 Å². The Morgan fingerprint density at radius 2 is 1.02 bits per heavy atom. The molecule has 2 aromatic heterocycles. The Balaban J connectivity index is 0.945. The maximum Gasteiger partial charge on any atom is 0.161 e. The van der Waals surface area contributed by atoms with Crippen LogP contribution in [-0.2, 0) is 10.8 Å². The van der Waals surface area contributed by atoms with Gasteiger partial charge in [0.25, 0.3) is 0 Å². The first-order valence-electron chi connectivity index (χ1n) is 20.6. The average molecular weight is 761 g/mol. The van der Waals surface area contributed by atoms with E-state index in [2.05, 4.69) is 115 Å². The molecular weight excluding hydrogens is 710 g/mol. The molecule has 0 radical (unpaired) electrons. The van der Waals surface area contributed by atoms with E-state index in [1.807, 2.05) is 0 Å². The molecule has 0 spiro atoms. The third kappa shape index (κ3) is 5.59. The van der Waals surface area contributed by atoms with Crippen molar-refractivity contribution < 1.29 is 0 Å². The van der Waals surface area contributed by atoms with Crippen molar-refractivity contribution in [1.29, 1.82) is 0 Å². The van der Waals surface area contributed by atoms with E-state index in [-0.39, 0.29) is 10.8 Å². The second kappa shape index (κ2) is 12.2. The zero-order chi connectivity index (χ0) is 35.5. The number of aromatic nitrogens is 3. The maximum atomic E-state index is 5.57. The molecule has 0 aliphatic heterocycles. The zero-order valence-corrected chi connectivity index (χ0v) is 32.8. The normalized spacial score (nSPS) is 32.1. The van der Waals surface area contributed by atoms with Gasteiger partial charge < -0.3 is 0 Å².